The van der Waals surface area contributed by atoms with Crippen molar-refractivity contribution in [2.45, 2.75) is 0 Å². The molecule has 0 saturated heterocycles. The second-order valence-electron chi connectivity index (χ2n) is 22.0. The molecule has 86 heavy (non-hydrogen) atoms. The Balaban J connectivity index is 1.18. The molecule has 0 aliphatic carbocycles. The van der Waals surface area contributed by atoms with Gasteiger partial charge in [-0.3, -0.25) is 0 Å². The lowest BCUT2D eigenvalue weighted by Crippen LogP contribution is -2.09. The van der Waals surface area contributed by atoms with Crippen molar-refractivity contribution in [3.8, 4) is 84.2 Å². The molecule has 0 N–H and O–H groups in total. The van der Waals surface area contributed by atoms with Crippen molar-refractivity contribution >= 4 is 112 Å². The van der Waals surface area contributed by atoms with Crippen LogP contribution in [0.25, 0.3) is 167 Å². The van der Waals surface area contributed by atoms with Crippen molar-refractivity contribution in [1.29, 1.82) is 5.26 Å². The minimum Gasteiger partial charge on any atom is -0.318 e. The van der Waals surface area contributed by atoms with Gasteiger partial charge in [-0.1, -0.05) is 231 Å². The molecular weight excluding hydrogens is 1080 g/mol. The molecule has 0 aliphatic rings. The Morgan fingerprint density at radius 2 is 0.721 bits per heavy atom. The molecule has 6 heteroatoms. The van der Waals surface area contributed by atoms with Crippen LogP contribution in [0.15, 0.2) is 279 Å². The summed E-state index contributed by atoms with van der Waals surface area (Å²) < 4.78 is 9.40. The smallest absolute Gasteiger partial charge is 0.220 e. The van der Waals surface area contributed by atoms with Crippen molar-refractivity contribution in [2.24, 2.45) is 0 Å². The van der Waals surface area contributed by atoms with Gasteiger partial charge in [0.15, 0.2) is 0 Å². The molecule has 0 unspecified atom stereocenters. The van der Waals surface area contributed by atoms with Crippen LogP contribution in [0.5, 0.6) is 0 Å². The molecule has 17 aromatic rings. The number of para-hydroxylation sites is 2. The van der Waals surface area contributed by atoms with Crippen LogP contribution in [-0.2, 0) is 0 Å². The molecular formula is C80H46N4S2. The summed E-state index contributed by atoms with van der Waals surface area (Å²) in [5.74, 6) is 0. The maximum atomic E-state index is 12.9. The summed E-state index contributed by atoms with van der Waals surface area (Å²) in [5.41, 5.74) is 17.8. The number of aromatic nitrogens is 2. The number of fused-ring (bicyclic) bond motifs is 14. The Morgan fingerprint density at radius 1 is 0.337 bits per heavy atom. The number of nitriles is 1. The van der Waals surface area contributed by atoms with Gasteiger partial charge in [0.1, 0.15) is 6.07 Å². The lowest BCUT2D eigenvalue weighted by molar-refractivity contribution is 1.14. The van der Waals surface area contributed by atoms with Crippen molar-refractivity contribution in [3.05, 3.63) is 296 Å². The highest BCUT2D eigenvalue weighted by atomic mass is 32.1. The quantitative estimate of drug-likeness (QED) is 0.140. The Hall–Kier alpha value is -11.1. The van der Waals surface area contributed by atoms with Crippen molar-refractivity contribution in [1.82, 2.24) is 9.13 Å². The fraction of sp³-hybridized carbons (Fsp3) is 0. The molecule has 0 saturated carbocycles. The van der Waals surface area contributed by atoms with E-state index in [1.807, 2.05) is 28.7 Å². The van der Waals surface area contributed by atoms with Gasteiger partial charge in [-0.2, -0.15) is 5.26 Å². The van der Waals surface area contributed by atoms with Crippen LogP contribution in [0, 0.1) is 17.9 Å². The molecule has 0 atom stereocenters. The highest BCUT2D eigenvalue weighted by molar-refractivity contribution is 7.27. The highest BCUT2D eigenvalue weighted by Crippen LogP contribution is 2.57. The lowest BCUT2D eigenvalue weighted by atomic mass is 9.87. The third-order valence-corrected chi connectivity index (χ3v) is 19.7. The highest BCUT2D eigenvalue weighted by Gasteiger charge is 2.34. The van der Waals surface area contributed by atoms with Gasteiger partial charge in [0.2, 0.25) is 5.69 Å². The first-order chi connectivity index (χ1) is 42.6. The molecule has 0 amide bonds. The molecule has 0 bridgehead atoms. The Bertz CT molecular complexity index is 5490. The van der Waals surface area contributed by atoms with Gasteiger partial charge < -0.3 is 9.13 Å². The number of hydrogen-bond acceptors (Lipinski definition) is 3. The summed E-state index contributed by atoms with van der Waals surface area (Å²) in [4.78, 5) is 4.76. The minimum atomic E-state index is 0.389. The summed E-state index contributed by atoms with van der Waals surface area (Å²) in [6.07, 6.45) is 0. The van der Waals surface area contributed by atoms with E-state index in [0.29, 0.717) is 28.2 Å². The van der Waals surface area contributed by atoms with Crippen LogP contribution < -0.4 is 0 Å². The summed E-state index contributed by atoms with van der Waals surface area (Å²) in [7, 11) is 0. The first-order valence-corrected chi connectivity index (χ1v) is 30.5. The van der Waals surface area contributed by atoms with E-state index in [-0.39, 0.29) is 0 Å². The number of hydrogen-bond donors (Lipinski definition) is 0. The van der Waals surface area contributed by atoms with Crippen LogP contribution in [0.1, 0.15) is 5.56 Å². The standard InChI is InChI=1S/C80H46N4S2/c1-82-74-70(55-34-22-32-53(44-55)49-24-6-2-7-25-49)65(48-81)75(71(56-35-23-33-54(45-56)50-26-8-3-9-27-50)78(74)83-66-40-18-14-36-57(66)58-37-15-19-41-67(58)83)84-76-63(46-61(51-28-10-4-11-29-51)72-59-38-16-20-42-68(59)85-79(72)76)64-47-62(52-30-12-5-13-31-52)73-60-39-17-21-43-69(60)86-80(73)77(64)84/h2-47H. The fourth-order valence-electron chi connectivity index (χ4n) is 13.7. The zero-order chi connectivity index (χ0) is 57.0. The van der Waals surface area contributed by atoms with E-state index in [2.05, 4.69) is 288 Å². The van der Waals surface area contributed by atoms with Crippen LogP contribution >= 0.6 is 22.7 Å². The van der Waals surface area contributed by atoms with Crippen LogP contribution in [0.4, 0.5) is 5.69 Å². The van der Waals surface area contributed by atoms with E-state index in [0.717, 1.165) is 125 Å². The molecule has 4 heterocycles. The summed E-state index contributed by atoms with van der Waals surface area (Å²) in [5, 5.41) is 21.8. The average Bonchev–Trinajstić information content (AvgIpc) is 1.58. The van der Waals surface area contributed by atoms with E-state index in [9.17, 15) is 11.8 Å². The van der Waals surface area contributed by atoms with E-state index in [1.54, 1.807) is 0 Å². The van der Waals surface area contributed by atoms with Crippen molar-refractivity contribution < 1.29 is 0 Å². The minimum absolute atomic E-state index is 0.389. The first kappa shape index (κ1) is 49.5. The molecule has 4 aromatic heterocycles. The fourth-order valence-corrected chi connectivity index (χ4v) is 16.2. The predicted octanol–water partition coefficient (Wildman–Crippen LogP) is 23.0. The molecule has 0 aliphatic heterocycles. The zero-order valence-corrected chi connectivity index (χ0v) is 47.8. The number of thiophene rings is 2. The molecule has 0 spiro atoms. The number of nitrogens with zero attached hydrogens (tertiary/aromatic N) is 4. The van der Waals surface area contributed by atoms with E-state index in [1.165, 1.54) is 20.2 Å². The van der Waals surface area contributed by atoms with Gasteiger partial charge in [-0.05, 0) is 104 Å². The van der Waals surface area contributed by atoms with Gasteiger partial charge in [0.05, 0.1) is 55.0 Å². The first-order valence-electron chi connectivity index (χ1n) is 28.8. The SMILES string of the molecule is [C-]#[N+]c1c(-c2cccc(-c3ccccc3)c2)c(C#N)c(-n2c3c(cc(-c4ccccc4)c4c5ccccc5sc43)c3cc(-c4ccccc4)c4c5ccccc5sc4c32)c(-c2cccc(-c3ccccc3)c2)c1-n1c2ccccc2c2ccccc21. The van der Waals surface area contributed by atoms with Gasteiger partial charge in [-0.15, -0.1) is 22.7 Å². The van der Waals surface area contributed by atoms with Gasteiger partial charge in [0.25, 0.3) is 0 Å². The third kappa shape index (κ3) is 7.45. The summed E-state index contributed by atoms with van der Waals surface area (Å²) in [6.45, 7) is 9.78. The molecule has 13 aromatic carbocycles. The zero-order valence-electron chi connectivity index (χ0n) is 46.2. The van der Waals surface area contributed by atoms with Gasteiger partial charge in [0, 0.05) is 63.6 Å². The second-order valence-corrected chi connectivity index (χ2v) is 24.1. The maximum absolute atomic E-state index is 12.9. The number of benzene rings is 13. The molecule has 4 nitrogen and oxygen atoms in total. The average molecular weight is 1130 g/mol. The third-order valence-electron chi connectivity index (χ3n) is 17.3. The largest absolute Gasteiger partial charge is 0.318 e. The lowest BCUT2D eigenvalue weighted by Gasteiger charge is -2.26. The van der Waals surface area contributed by atoms with Crippen LogP contribution in [0.2, 0.25) is 0 Å². The molecule has 398 valence electrons. The normalized spacial score (nSPS) is 11.7. The van der Waals surface area contributed by atoms with Crippen molar-refractivity contribution in [3.63, 3.8) is 0 Å². The Morgan fingerprint density at radius 3 is 1.17 bits per heavy atom. The molecule has 0 radical (unpaired) electrons. The summed E-state index contributed by atoms with van der Waals surface area (Å²) in [6, 6.07) is 102. The monoisotopic (exact) mass is 1130 g/mol. The number of rotatable bonds is 8. The Kier molecular flexibility index (Phi) is 11.4. The van der Waals surface area contributed by atoms with E-state index in [4.69, 9.17) is 4.85 Å². The van der Waals surface area contributed by atoms with E-state index < -0.39 is 0 Å². The van der Waals surface area contributed by atoms with Gasteiger partial charge in [-0.25, -0.2) is 4.85 Å². The molecule has 17 rings (SSSR count). The van der Waals surface area contributed by atoms with Crippen molar-refractivity contribution in [2.75, 3.05) is 0 Å². The maximum Gasteiger partial charge on any atom is 0.220 e. The summed E-state index contributed by atoms with van der Waals surface area (Å²) >= 11 is 3.62. The second kappa shape index (κ2) is 19.8. The van der Waals surface area contributed by atoms with Crippen LogP contribution in [0.3, 0.4) is 0 Å². The molecule has 0 fully saturated rings. The topological polar surface area (TPSA) is 38.0 Å². The van der Waals surface area contributed by atoms with Gasteiger partial charge >= 0.3 is 0 Å². The van der Waals surface area contributed by atoms with E-state index >= 15 is 0 Å². The van der Waals surface area contributed by atoms with Crippen LogP contribution in [-0.4, -0.2) is 9.13 Å². The Labute approximate surface area is 503 Å². The predicted molar refractivity (Wildman–Crippen MR) is 364 cm³/mol.